The molecule has 0 fully saturated rings. The Kier molecular flexibility index (Phi) is 10.1. The summed E-state index contributed by atoms with van der Waals surface area (Å²) in [5, 5.41) is 41.6. The van der Waals surface area contributed by atoms with Crippen molar-refractivity contribution in [2.45, 2.75) is 32.3 Å². The number of imidazole rings is 2. The Morgan fingerprint density at radius 1 is 0.885 bits per heavy atom. The quantitative estimate of drug-likeness (QED) is 0.471. The van der Waals surface area contributed by atoms with E-state index in [2.05, 4.69) is 48.0 Å². The number of aromatic nitrogens is 4. The number of hydrogen-bond acceptors (Lipinski definition) is 5. The molecule has 0 atom stereocenters. The zero-order valence-corrected chi connectivity index (χ0v) is 15.4. The molecule has 0 radical (unpaired) electrons. The van der Waals surface area contributed by atoms with Gasteiger partial charge in [0.2, 0.25) is 12.7 Å². The van der Waals surface area contributed by atoms with Gasteiger partial charge in [-0.3, -0.25) is 0 Å². The molecule has 0 saturated heterocycles. The highest BCUT2D eigenvalue weighted by atomic mass is 16.4. The largest absolute Gasteiger partial charge is 0.890 e. The van der Waals surface area contributed by atoms with E-state index < -0.39 is 12.4 Å². The molecule has 26 heavy (non-hydrogen) atoms. The van der Waals surface area contributed by atoms with E-state index in [-0.39, 0.29) is 0 Å². The third kappa shape index (κ3) is 7.19. The third-order valence-electron chi connectivity index (χ3n) is 3.26. The molecular weight excluding hydrogens is 333 g/mol. The number of hydrogen-bond donors (Lipinski definition) is 0. The minimum Gasteiger partial charge on any atom is -0.890 e. The first-order valence-electron chi connectivity index (χ1n) is 7.85. The van der Waals surface area contributed by atoms with Crippen LogP contribution in [0.2, 0.25) is 5.31 Å². The van der Waals surface area contributed by atoms with Gasteiger partial charge in [-0.25, -0.2) is 18.3 Å². The van der Waals surface area contributed by atoms with E-state index in [0.717, 1.165) is 31.3 Å². The molecule has 2 rings (SSSR count). The minimum absolute atomic E-state index is 1.06. The molecule has 0 bridgehead atoms. The van der Waals surface area contributed by atoms with E-state index in [1.807, 2.05) is 35.6 Å². The number of nitrogens with zero attached hydrogens (tertiary/aromatic N) is 7. The first-order chi connectivity index (χ1) is 12.3. The van der Waals surface area contributed by atoms with Gasteiger partial charge in [-0.2, -0.15) is 15.8 Å². The normalized spacial score (nSPS) is 9.35. The topological polar surface area (TPSA) is 135 Å². The maximum absolute atomic E-state index is 10.0. The summed E-state index contributed by atoms with van der Waals surface area (Å²) in [5.74, 6) is 0. The van der Waals surface area contributed by atoms with Crippen molar-refractivity contribution < 1.29 is 19.2 Å². The fraction of sp³-hybridized carbons (Fsp3) is 0.438. The predicted molar refractivity (Wildman–Crippen MR) is 87.9 cm³/mol. The molecule has 2 heterocycles. The highest BCUT2D eigenvalue weighted by Gasteiger charge is 2.25. The Morgan fingerprint density at radius 3 is 1.31 bits per heavy atom. The lowest BCUT2D eigenvalue weighted by Crippen LogP contribution is -2.53. The second kappa shape index (κ2) is 11.4. The van der Waals surface area contributed by atoms with Gasteiger partial charge in [0.25, 0.3) is 0 Å². The average Bonchev–Trinajstić information content (AvgIpc) is 3.25. The van der Waals surface area contributed by atoms with Crippen molar-refractivity contribution in [2.24, 2.45) is 14.1 Å². The minimum atomic E-state index is -2.74. The van der Waals surface area contributed by atoms with Crippen molar-refractivity contribution in [1.29, 1.82) is 15.8 Å². The molecular formula is C16H22BN7O2. The average molecular weight is 355 g/mol. The van der Waals surface area contributed by atoms with Crippen molar-refractivity contribution in [2.75, 3.05) is 0 Å². The summed E-state index contributed by atoms with van der Waals surface area (Å²) in [7, 11) is 1.30. The van der Waals surface area contributed by atoms with E-state index in [9.17, 15) is 10.0 Å². The van der Waals surface area contributed by atoms with E-state index >= 15 is 0 Å². The van der Waals surface area contributed by atoms with Crippen LogP contribution in [0.1, 0.15) is 13.8 Å². The van der Waals surface area contributed by atoms with Crippen LogP contribution in [-0.2, 0) is 27.2 Å². The molecule has 9 nitrogen and oxygen atoms in total. The van der Waals surface area contributed by atoms with Gasteiger partial charge in [0.15, 0.2) is 5.31 Å². The first kappa shape index (κ1) is 22.9. The third-order valence-corrected chi connectivity index (χ3v) is 3.26. The molecule has 0 N–H and O–H groups in total. The summed E-state index contributed by atoms with van der Waals surface area (Å²) in [4.78, 5) is 0. The highest BCUT2D eigenvalue weighted by Crippen LogP contribution is 2.20. The Labute approximate surface area is 154 Å². The number of rotatable bonds is 3. The van der Waals surface area contributed by atoms with Gasteiger partial charge in [0.1, 0.15) is 24.8 Å². The summed E-state index contributed by atoms with van der Waals surface area (Å²) < 4.78 is 8.31. The highest BCUT2D eigenvalue weighted by molar-refractivity contribution is 6.46. The van der Waals surface area contributed by atoms with Gasteiger partial charge in [0.05, 0.1) is 45.4 Å². The van der Waals surface area contributed by atoms with Crippen molar-refractivity contribution >= 4 is 7.12 Å². The van der Waals surface area contributed by atoms with Gasteiger partial charge in [-0.05, 0) is 21.0 Å². The van der Waals surface area contributed by atoms with Crippen LogP contribution in [0.15, 0.2) is 37.4 Å². The molecule has 0 aliphatic carbocycles. The summed E-state index contributed by atoms with van der Waals surface area (Å²) in [5.41, 5.74) is 0. The Balaban J connectivity index is 0.000000363. The summed E-state index contributed by atoms with van der Waals surface area (Å²) in [6, 6.07) is 3.20. The van der Waals surface area contributed by atoms with Gasteiger partial charge in [0, 0.05) is 0 Å². The molecule has 10 heteroatoms. The first-order valence-corrected chi connectivity index (χ1v) is 7.85. The van der Waals surface area contributed by atoms with Gasteiger partial charge in [-0.15, -0.1) is 0 Å². The van der Waals surface area contributed by atoms with E-state index in [4.69, 9.17) is 15.8 Å². The van der Waals surface area contributed by atoms with Crippen LogP contribution in [0.25, 0.3) is 0 Å². The predicted octanol–water partition coefficient (Wildman–Crippen LogP) is -1.83. The molecule has 136 valence electrons. The van der Waals surface area contributed by atoms with E-state index in [0.29, 0.717) is 0 Å². The molecule has 0 aliphatic heterocycles. The van der Waals surface area contributed by atoms with Crippen LogP contribution < -0.4 is 19.2 Å². The molecule has 0 saturated carbocycles. The lowest BCUT2D eigenvalue weighted by molar-refractivity contribution is -0.671. The molecule has 0 spiro atoms. The van der Waals surface area contributed by atoms with Crippen molar-refractivity contribution in [3.8, 4) is 18.2 Å². The SMILES string of the molecule is CCn1cc[n+](C)c1.CCn1cc[n+](C)c1.N#CC(C#N)(C#N)B([O-])[O-]. The van der Waals surface area contributed by atoms with Gasteiger partial charge >= 0.3 is 0 Å². The molecule has 0 aliphatic rings. The molecule has 0 unspecified atom stereocenters. The van der Waals surface area contributed by atoms with Crippen LogP contribution >= 0.6 is 0 Å². The maximum atomic E-state index is 10.0. The Hall–Kier alpha value is -3.13. The van der Waals surface area contributed by atoms with E-state index in [1.54, 1.807) is 0 Å². The smallest absolute Gasteiger partial charge is 0.243 e. The number of nitriles is 3. The van der Waals surface area contributed by atoms with Gasteiger partial charge < -0.3 is 10.0 Å². The van der Waals surface area contributed by atoms with Crippen molar-refractivity contribution in [1.82, 2.24) is 9.13 Å². The Morgan fingerprint density at radius 2 is 1.23 bits per heavy atom. The van der Waals surface area contributed by atoms with Crippen LogP contribution in [0.5, 0.6) is 0 Å². The fourth-order valence-corrected chi connectivity index (χ4v) is 1.61. The fourth-order valence-electron chi connectivity index (χ4n) is 1.61. The zero-order valence-electron chi connectivity index (χ0n) is 15.4. The molecule has 0 aromatic carbocycles. The number of aryl methyl sites for hydroxylation is 4. The second-order valence-electron chi connectivity index (χ2n) is 5.29. The monoisotopic (exact) mass is 355 g/mol. The summed E-state index contributed by atoms with van der Waals surface area (Å²) >= 11 is 0. The zero-order chi connectivity index (χ0) is 20.2. The molecule has 2 aromatic heterocycles. The standard InChI is InChI=1S/2C6H11N2.C4BN3O2/c2*1-3-8-5-4-7(2)6-8;6-1-4(2-7,3-8)5(9)10/h2*4-6H,3H2,1-2H3;/q2*+1;-2. The van der Waals surface area contributed by atoms with Crippen LogP contribution in [0.4, 0.5) is 0 Å². The lowest BCUT2D eigenvalue weighted by Gasteiger charge is -2.32. The summed E-state index contributed by atoms with van der Waals surface area (Å²) in [6.07, 6.45) is 12.3. The maximum Gasteiger partial charge on any atom is 0.243 e. The summed E-state index contributed by atoms with van der Waals surface area (Å²) in [6.45, 7) is 6.36. The van der Waals surface area contributed by atoms with Crippen molar-refractivity contribution in [3.63, 3.8) is 0 Å². The molecule has 0 amide bonds. The Bertz CT molecular complexity index is 716. The van der Waals surface area contributed by atoms with Crippen LogP contribution in [0.3, 0.4) is 0 Å². The van der Waals surface area contributed by atoms with Crippen molar-refractivity contribution in [3.05, 3.63) is 37.4 Å². The second-order valence-corrected chi connectivity index (χ2v) is 5.29. The van der Waals surface area contributed by atoms with Crippen LogP contribution in [0, 0.1) is 34.0 Å². The molecule has 2 aromatic rings. The van der Waals surface area contributed by atoms with Crippen LogP contribution in [-0.4, -0.2) is 16.3 Å². The van der Waals surface area contributed by atoms with E-state index in [1.165, 1.54) is 0 Å². The lowest BCUT2D eigenvalue weighted by atomic mass is 9.61. The van der Waals surface area contributed by atoms with Gasteiger partial charge in [-0.1, -0.05) is 0 Å².